The van der Waals surface area contributed by atoms with Crippen LogP contribution in [0.5, 0.6) is 0 Å². The second kappa shape index (κ2) is 7.86. The minimum absolute atomic E-state index is 0.0997. The lowest BCUT2D eigenvalue weighted by atomic mass is 10.0. The van der Waals surface area contributed by atoms with Crippen molar-refractivity contribution in [3.63, 3.8) is 0 Å². The Labute approximate surface area is 175 Å². The predicted molar refractivity (Wildman–Crippen MR) is 112 cm³/mol. The first-order chi connectivity index (χ1) is 14.3. The second-order valence-corrected chi connectivity index (χ2v) is 8.50. The Bertz CT molecular complexity index is 1100. The molecule has 0 saturated carbocycles. The van der Waals surface area contributed by atoms with Crippen LogP contribution in [0.4, 0.5) is 24.7 Å². The van der Waals surface area contributed by atoms with Crippen molar-refractivity contribution >= 4 is 39.0 Å². The summed E-state index contributed by atoms with van der Waals surface area (Å²) in [7, 11) is 0. The third-order valence-corrected chi connectivity index (χ3v) is 6.63. The Hall–Kier alpha value is -2.68. The molecule has 2 aromatic heterocycles. The van der Waals surface area contributed by atoms with E-state index in [9.17, 15) is 18.0 Å². The van der Waals surface area contributed by atoms with Crippen molar-refractivity contribution in [2.75, 3.05) is 16.8 Å². The summed E-state index contributed by atoms with van der Waals surface area (Å²) in [6.45, 7) is 4.89. The molecule has 0 aliphatic carbocycles. The summed E-state index contributed by atoms with van der Waals surface area (Å²) in [6, 6.07) is 4.97. The molecular formula is C21H21F3N4OS. The van der Waals surface area contributed by atoms with Gasteiger partial charge in [0.15, 0.2) is 0 Å². The predicted octanol–water partition coefficient (Wildman–Crippen LogP) is 5.65. The number of fused-ring (bicyclic) bond motifs is 1. The standard InChI is InChI=1S/C21H21F3N4OS/c1-12-6-3-4-9-28(12)18-16-13(2)17(30-20(16)26-11-25-18)19(29)27-15-8-5-7-14(10-15)21(22,23)24/h5,7-8,10-12H,3-4,6,9H2,1-2H3,(H,27,29)/t12-/m1/s1. The Balaban J connectivity index is 1.68. The monoisotopic (exact) mass is 434 g/mol. The Morgan fingerprint density at radius 2 is 2.07 bits per heavy atom. The van der Waals surface area contributed by atoms with Crippen molar-refractivity contribution in [2.24, 2.45) is 0 Å². The van der Waals surface area contributed by atoms with Crippen molar-refractivity contribution in [1.82, 2.24) is 9.97 Å². The highest BCUT2D eigenvalue weighted by Crippen LogP contribution is 2.37. The van der Waals surface area contributed by atoms with E-state index >= 15 is 0 Å². The SMILES string of the molecule is Cc1c(C(=O)Nc2cccc(C(F)(F)F)c2)sc2ncnc(N3CCCC[C@H]3C)c12. The van der Waals surface area contributed by atoms with Gasteiger partial charge in [0.2, 0.25) is 0 Å². The van der Waals surface area contributed by atoms with Crippen molar-refractivity contribution in [2.45, 2.75) is 45.3 Å². The maximum Gasteiger partial charge on any atom is 0.416 e. The zero-order valence-electron chi connectivity index (χ0n) is 16.6. The van der Waals surface area contributed by atoms with Crippen LogP contribution in [-0.4, -0.2) is 28.5 Å². The number of hydrogen-bond donors (Lipinski definition) is 1. The smallest absolute Gasteiger partial charge is 0.353 e. The molecule has 1 N–H and O–H groups in total. The van der Waals surface area contributed by atoms with Crippen LogP contribution in [0.3, 0.4) is 0 Å². The highest BCUT2D eigenvalue weighted by atomic mass is 32.1. The van der Waals surface area contributed by atoms with Gasteiger partial charge in [0.25, 0.3) is 5.91 Å². The molecule has 1 aliphatic rings. The lowest BCUT2D eigenvalue weighted by molar-refractivity contribution is -0.137. The number of alkyl halides is 3. The number of nitrogens with one attached hydrogen (secondary N) is 1. The highest BCUT2D eigenvalue weighted by Gasteiger charge is 2.31. The lowest BCUT2D eigenvalue weighted by Crippen LogP contribution is -2.38. The number of hydrogen-bond acceptors (Lipinski definition) is 5. The van der Waals surface area contributed by atoms with Crippen LogP contribution in [-0.2, 0) is 6.18 Å². The summed E-state index contributed by atoms with van der Waals surface area (Å²) >= 11 is 1.23. The van der Waals surface area contributed by atoms with E-state index in [1.54, 1.807) is 0 Å². The van der Waals surface area contributed by atoms with E-state index in [-0.39, 0.29) is 5.69 Å². The minimum Gasteiger partial charge on any atom is -0.353 e. The van der Waals surface area contributed by atoms with Gasteiger partial charge in [0.1, 0.15) is 17.0 Å². The zero-order valence-corrected chi connectivity index (χ0v) is 17.4. The van der Waals surface area contributed by atoms with Gasteiger partial charge in [-0.05, 0) is 56.9 Å². The van der Waals surface area contributed by atoms with Gasteiger partial charge in [-0.15, -0.1) is 11.3 Å². The Kier molecular flexibility index (Phi) is 5.40. The molecule has 1 saturated heterocycles. The lowest BCUT2D eigenvalue weighted by Gasteiger charge is -2.34. The van der Waals surface area contributed by atoms with E-state index < -0.39 is 17.6 Å². The van der Waals surface area contributed by atoms with Crippen molar-refractivity contribution in [3.05, 3.63) is 46.6 Å². The number of rotatable bonds is 3. The largest absolute Gasteiger partial charge is 0.416 e. The average Bonchev–Trinajstić information content (AvgIpc) is 3.05. The van der Waals surface area contributed by atoms with E-state index in [2.05, 4.69) is 27.1 Å². The van der Waals surface area contributed by atoms with E-state index in [0.29, 0.717) is 15.7 Å². The molecule has 9 heteroatoms. The van der Waals surface area contributed by atoms with Gasteiger partial charge in [0.05, 0.1) is 15.8 Å². The summed E-state index contributed by atoms with van der Waals surface area (Å²) in [6.07, 6.45) is 0.381. The summed E-state index contributed by atoms with van der Waals surface area (Å²) in [5, 5.41) is 3.43. The van der Waals surface area contributed by atoms with Crippen molar-refractivity contribution in [3.8, 4) is 0 Å². The second-order valence-electron chi connectivity index (χ2n) is 7.50. The number of carbonyl (C=O) groups excluding carboxylic acids is 1. The van der Waals surface area contributed by atoms with Crippen LogP contribution >= 0.6 is 11.3 Å². The number of amides is 1. The fourth-order valence-corrected chi connectivity index (χ4v) is 4.90. The van der Waals surface area contributed by atoms with Crippen LogP contribution in [0.25, 0.3) is 10.2 Å². The molecular weight excluding hydrogens is 413 g/mol. The molecule has 1 aliphatic heterocycles. The van der Waals surface area contributed by atoms with Crippen LogP contribution in [0.1, 0.15) is 47.0 Å². The average molecular weight is 434 g/mol. The number of nitrogens with zero attached hydrogens (tertiary/aromatic N) is 3. The molecule has 0 spiro atoms. The van der Waals surface area contributed by atoms with Crippen LogP contribution in [0.15, 0.2) is 30.6 Å². The van der Waals surface area contributed by atoms with Gasteiger partial charge in [-0.3, -0.25) is 4.79 Å². The molecule has 158 valence electrons. The fourth-order valence-electron chi connectivity index (χ4n) is 3.86. The summed E-state index contributed by atoms with van der Waals surface area (Å²) in [5.74, 6) is 0.367. The molecule has 5 nitrogen and oxygen atoms in total. The van der Waals surface area contributed by atoms with E-state index in [1.165, 1.54) is 36.2 Å². The number of piperidine rings is 1. The number of anilines is 2. The molecule has 1 atom stereocenters. The molecule has 3 aromatic rings. The zero-order chi connectivity index (χ0) is 21.5. The summed E-state index contributed by atoms with van der Waals surface area (Å²) in [5.41, 5.74) is 0.0380. The Morgan fingerprint density at radius 1 is 1.27 bits per heavy atom. The van der Waals surface area contributed by atoms with Gasteiger partial charge < -0.3 is 10.2 Å². The van der Waals surface area contributed by atoms with E-state index in [0.717, 1.165) is 48.3 Å². The van der Waals surface area contributed by atoms with Gasteiger partial charge in [0, 0.05) is 18.3 Å². The highest BCUT2D eigenvalue weighted by molar-refractivity contribution is 7.20. The normalized spacial score (nSPS) is 17.4. The van der Waals surface area contributed by atoms with Crippen LogP contribution < -0.4 is 10.2 Å². The quantitative estimate of drug-likeness (QED) is 0.579. The third-order valence-electron chi connectivity index (χ3n) is 5.44. The molecule has 1 fully saturated rings. The molecule has 0 radical (unpaired) electrons. The number of halogens is 3. The minimum atomic E-state index is -4.47. The van der Waals surface area contributed by atoms with Crippen LogP contribution in [0, 0.1) is 6.92 Å². The fraction of sp³-hybridized carbons (Fsp3) is 0.381. The maximum absolute atomic E-state index is 13.0. The first-order valence-corrected chi connectivity index (χ1v) is 10.6. The molecule has 0 unspecified atom stereocenters. The number of aromatic nitrogens is 2. The van der Waals surface area contributed by atoms with Crippen molar-refractivity contribution < 1.29 is 18.0 Å². The first-order valence-electron chi connectivity index (χ1n) is 9.75. The van der Waals surface area contributed by atoms with Gasteiger partial charge in [-0.1, -0.05) is 6.07 Å². The molecule has 30 heavy (non-hydrogen) atoms. The number of aryl methyl sites for hydroxylation is 1. The summed E-state index contributed by atoms with van der Waals surface area (Å²) < 4.78 is 38.9. The molecule has 4 rings (SSSR count). The maximum atomic E-state index is 13.0. The Morgan fingerprint density at radius 3 is 2.80 bits per heavy atom. The van der Waals surface area contributed by atoms with E-state index in [1.807, 2.05) is 6.92 Å². The molecule has 1 amide bonds. The molecule has 3 heterocycles. The number of benzene rings is 1. The van der Waals surface area contributed by atoms with Crippen LogP contribution in [0.2, 0.25) is 0 Å². The first kappa shape index (κ1) is 20.6. The topological polar surface area (TPSA) is 58.1 Å². The van der Waals surface area contributed by atoms with Gasteiger partial charge in [-0.2, -0.15) is 13.2 Å². The third kappa shape index (κ3) is 3.86. The van der Waals surface area contributed by atoms with Gasteiger partial charge >= 0.3 is 6.18 Å². The molecule has 0 bridgehead atoms. The number of carbonyl (C=O) groups is 1. The van der Waals surface area contributed by atoms with Crippen molar-refractivity contribution in [1.29, 1.82) is 0 Å². The molecule has 1 aromatic carbocycles. The summed E-state index contributed by atoms with van der Waals surface area (Å²) in [4.78, 5) is 25.1. The van der Waals surface area contributed by atoms with E-state index in [4.69, 9.17) is 0 Å². The van der Waals surface area contributed by atoms with Gasteiger partial charge in [-0.25, -0.2) is 9.97 Å². The number of thiophene rings is 1.